The first-order valence-electron chi connectivity index (χ1n) is 14.3. The van der Waals surface area contributed by atoms with Crippen molar-refractivity contribution in [3.05, 3.63) is 59.5 Å². The van der Waals surface area contributed by atoms with E-state index in [1.54, 1.807) is 11.2 Å². The van der Waals surface area contributed by atoms with E-state index in [9.17, 15) is 4.79 Å². The van der Waals surface area contributed by atoms with Crippen LogP contribution in [0.15, 0.2) is 42.9 Å². The van der Waals surface area contributed by atoms with Crippen molar-refractivity contribution in [1.82, 2.24) is 24.6 Å². The van der Waals surface area contributed by atoms with Crippen molar-refractivity contribution in [2.24, 2.45) is 0 Å². The first-order chi connectivity index (χ1) is 19.3. The third-order valence-corrected chi connectivity index (χ3v) is 7.88. The highest BCUT2D eigenvalue weighted by atomic mass is 16.6. The number of piperazine rings is 1. The average molecular weight is 543 g/mol. The van der Waals surface area contributed by atoms with Gasteiger partial charge in [0.25, 0.3) is 0 Å². The topological polar surface area (TPSA) is 85.6 Å². The molecule has 2 saturated heterocycles. The number of fused-ring (bicyclic) bond motifs is 2. The highest BCUT2D eigenvalue weighted by Gasteiger charge is 2.27. The monoisotopic (exact) mass is 542 g/mol. The minimum Gasteiger partial charge on any atom is -0.444 e. The van der Waals surface area contributed by atoms with Crippen molar-refractivity contribution in [2.45, 2.75) is 65.2 Å². The van der Waals surface area contributed by atoms with E-state index in [0.29, 0.717) is 26.2 Å². The van der Waals surface area contributed by atoms with Crippen LogP contribution in [0.4, 0.5) is 10.6 Å². The molecular weight excluding hydrogens is 504 g/mol. The number of aryl methyl sites for hydroxylation is 1. The summed E-state index contributed by atoms with van der Waals surface area (Å²) in [5.41, 5.74) is 5.23. The quantitative estimate of drug-likeness (QED) is 0.330. The van der Waals surface area contributed by atoms with E-state index in [-0.39, 0.29) is 12.3 Å². The van der Waals surface area contributed by atoms with Crippen LogP contribution in [0.1, 0.15) is 63.0 Å². The van der Waals surface area contributed by atoms with Gasteiger partial charge in [-0.15, -0.1) is 0 Å². The van der Waals surface area contributed by atoms with Gasteiger partial charge in [-0.1, -0.05) is 18.2 Å². The van der Waals surface area contributed by atoms with Gasteiger partial charge in [0.1, 0.15) is 17.7 Å². The zero-order chi connectivity index (χ0) is 27.9. The molecule has 40 heavy (non-hydrogen) atoms. The molecule has 9 heteroatoms. The van der Waals surface area contributed by atoms with Crippen LogP contribution < -0.4 is 4.90 Å². The van der Waals surface area contributed by atoms with E-state index in [4.69, 9.17) is 19.6 Å². The molecule has 0 radical (unpaired) electrons. The summed E-state index contributed by atoms with van der Waals surface area (Å²) in [6.45, 7) is 11.2. The van der Waals surface area contributed by atoms with Crippen LogP contribution in [-0.2, 0) is 15.9 Å². The van der Waals surface area contributed by atoms with Crippen molar-refractivity contribution in [2.75, 3.05) is 37.7 Å². The maximum absolute atomic E-state index is 12.5. The summed E-state index contributed by atoms with van der Waals surface area (Å²) in [7, 11) is 0. The third-order valence-electron chi connectivity index (χ3n) is 7.88. The summed E-state index contributed by atoms with van der Waals surface area (Å²) < 4.78 is 13.7. The van der Waals surface area contributed by atoms with Crippen LogP contribution in [0.3, 0.4) is 0 Å². The summed E-state index contributed by atoms with van der Waals surface area (Å²) in [4.78, 5) is 26.0. The number of ether oxygens (including phenoxy) is 2. The van der Waals surface area contributed by atoms with Crippen molar-refractivity contribution in [3.63, 3.8) is 0 Å². The Kier molecular flexibility index (Phi) is 7.08. The summed E-state index contributed by atoms with van der Waals surface area (Å²) in [5, 5.41) is 6.96. The highest BCUT2D eigenvalue weighted by Crippen LogP contribution is 2.32. The van der Waals surface area contributed by atoms with E-state index in [1.165, 1.54) is 22.9 Å². The van der Waals surface area contributed by atoms with Crippen LogP contribution in [0.25, 0.3) is 21.8 Å². The molecule has 2 aliphatic rings. The molecule has 6 rings (SSSR count). The number of nitrogens with zero attached hydrogens (tertiary/aromatic N) is 6. The van der Waals surface area contributed by atoms with Crippen LogP contribution in [0.5, 0.6) is 0 Å². The predicted molar refractivity (Wildman–Crippen MR) is 156 cm³/mol. The lowest BCUT2D eigenvalue weighted by atomic mass is 9.95. The second-order valence-corrected chi connectivity index (χ2v) is 11.8. The molecule has 1 atom stereocenters. The first kappa shape index (κ1) is 26.5. The molecule has 210 valence electrons. The minimum absolute atomic E-state index is 0.00504. The van der Waals surface area contributed by atoms with Gasteiger partial charge in [0.05, 0.1) is 17.2 Å². The highest BCUT2D eigenvalue weighted by molar-refractivity contribution is 5.92. The van der Waals surface area contributed by atoms with Crippen molar-refractivity contribution < 1.29 is 14.3 Å². The number of hydrogen-bond donors (Lipinski definition) is 0. The normalized spacial score (nSPS) is 18.4. The lowest BCUT2D eigenvalue weighted by Gasteiger charge is -2.36. The van der Waals surface area contributed by atoms with E-state index in [1.807, 2.05) is 27.0 Å². The van der Waals surface area contributed by atoms with Gasteiger partial charge >= 0.3 is 6.09 Å². The molecule has 9 nitrogen and oxygen atoms in total. The van der Waals surface area contributed by atoms with Gasteiger partial charge in [0, 0.05) is 50.0 Å². The van der Waals surface area contributed by atoms with Crippen LogP contribution in [0.2, 0.25) is 0 Å². The zero-order valence-corrected chi connectivity index (χ0v) is 23.9. The van der Waals surface area contributed by atoms with Gasteiger partial charge in [-0.3, -0.25) is 0 Å². The molecule has 0 saturated carbocycles. The predicted octanol–water partition coefficient (Wildman–Crippen LogP) is 5.63. The lowest BCUT2D eigenvalue weighted by molar-refractivity contribution is -0.0366. The smallest absolute Gasteiger partial charge is 0.410 e. The largest absolute Gasteiger partial charge is 0.444 e. The van der Waals surface area contributed by atoms with E-state index in [2.05, 4.69) is 51.8 Å². The summed E-state index contributed by atoms with van der Waals surface area (Å²) in [6.07, 6.45) is 7.42. The standard InChI is InChI=1S/C31H38N6O3/c1-21-11-12-26-25(19-34-37(26)27-10-5-6-17-39-27)24(21)18-22-8-7-9-23-28(22)32-20-33-29(23)35-13-15-36(16-14-35)30(38)40-31(2,3)4/h7-9,11-12,19-20,27H,5-6,10,13-18H2,1-4H3. The number of anilines is 1. The Morgan fingerprint density at radius 1 is 1.05 bits per heavy atom. The number of carbonyl (C=O) groups is 1. The van der Waals surface area contributed by atoms with Crippen LogP contribution >= 0.6 is 0 Å². The van der Waals surface area contributed by atoms with Gasteiger partial charge in [0.2, 0.25) is 0 Å². The van der Waals surface area contributed by atoms with Gasteiger partial charge in [-0.05, 0) is 75.8 Å². The maximum Gasteiger partial charge on any atom is 0.410 e. The van der Waals surface area contributed by atoms with Crippen molar-refractivity contribution in [1.29, 1.82) is 0 Å². The third kappa shape index (κ3) is 5.22. The molecule has 4 heterocycles. The van der Waals surface area contributed by atoms with Crippen LogP contribution in [0, 0.1) is 6.92 Å². The minimum atomic E-state index is -0.501. The van der Waals surface area contributed by atoms with E-state index >= 15 is 0 Å². The fourth-order valence-electron chi connectivity index (χ4n) is 5.82. The molecule has 2 fully saturated rings. The molecule has 2 aliphatic heterocycles. The molecule has 0 aliphatic carbocycles. The average Bonchev–Trinajstić information content (AvgIpc) is 3.38. The molecule has 0 spiro atoms. The van der Waals surface area contributed by atoms with E-state index in [0.717, 1.165) is 53.7 Å². The Morgan fingerprint density at radius 2 is 1.88 bits per heavy atom. The maximum atomic E-state index is 12.5. The Morgan fingerprint density at radius 3 is 2.62 bits per heavy atom. The van der Waals surface area contributed by atoms with Crippen molar-refractivity contribution >= 4 is 33.7 Å². The second kappa shape index (κ2) is 10.7. The van der Waals surface area contributed by atoms with Crippen molar-refractivity contribution in [3.8, 4) is 0 Å². The molecular formula is C31H38N6O3. The Bertz CT molecular complexity index is 1530. The van der Waals surface area contributed by atoms with Gasteiger partial charge in [-0.25, -0.2) is 19.4 Å². The number of hydrogen-bond acceptors (Lipinski definition) is 7. The van der Waals surface area contributed by atoms with Gasteiger partial charge in [-0.2, -0.15) is 5.10 Å². The first-order valence-corrected chi connectivity index (χ1v) is 14.3. The molecule has 2 aromatic carbocycles. The number of carbonyl (C=O) groups excluding carboxylic acids is 1. The lowest BCUT2D eigenvalue weighted by Crippen LogP contribution is -2.50. The number of aromatic nitrogens is 4. The molecule has 2 aromatic heterocycles. The number of amides is 1. The molecule has 4 aromatic rings. The summed E-state index contributed by atoms with van der Waals surface area (Å²) in [6, 6.07) is 10.7. The fourth-order valence-corrected chi connectivity index (χ4v) is 5.82. The van der Waals surface area contributed by atoms with Gasteiger partial charge < -0.3 is 19.3 Å². The Labute approximate surface area is 235 Å². The molecule has 1 unspecified atom stereocenters. The number of para-hydroxylation sites is 1. The summed E-state index contributed by atoms with van der Waals surface area (Å²) in [5.74, 6) is 0.910. The zero-order valence-electron chi connectivity index (χ0n) is 23.9. The SMILES string of the molecule is Cc1ccc2c(cnn2C2CCCCO2)c1Cc1cccc2c(N3CCN(C(=O)OC(C)(C)C)CC3)ncnc12. The molecule has 1 amide bonds. The Hall–Kier alpha value is -3.72. The number of rotatable bonds is 4. The molecule has 0 bridgehead atoms. The Balaban J connectivity index is 1.27. The van der Waals surface area contributed by atoms with Gasteiger partial charge in [0.15, 0.2) is 6.23 Å². The van der Waals surface area contributed by atoms with E-state index < -0.39 is 5.60 Å². The second-order valence-electron chi connectivity index (χ2n) is 11.8. The summed E-state index contributed by atoms with van der Waals surface area (Å²) >= 11 is 0. The van der Waals surface area contributed by atoms with Crippen LogP contribution in [-0.4, -0.2) is 69.1 Å². The molecule has 0 N–H and O–H groups in total. The fraction of sp³-hybridized carbons (Fsp3) is 0.484. The number of benzene rings is 2.